The van der Waals surface area contributed by atoms with Crippen molar-refractivity contribution in [3.8, 4) is 5.75 Å². The van der Waals surface area contributed by atoms with Crippen LogP contribution in [0.4, 0.5) is 10.2 Å². The Morgan fingerprint density at radius 2 is 1.96 bits per heavy atom. The Balaban J connectivity index is 1.78. The van der Waals surface area contributed by atoms with Gasteiger partial charge >= 0.3 is 0 Å². The molecule has 6 nitrogen and oxygen atoms in total. The van der Waals surface area contributed by atoms with E-state index in [0.717, 1.165) is 17.0 Å². The van der Waals surface area contributed by atoms with Gasteiger partial charge in [0, 0.05) is 5.39 Å². The summed E-state index contributed by atoms with van der Waals surface area (Å²) in [5.74, 6) is 0.0594. The van der Waals surface area contributed by atoms with Gasteiger partial charge in [-0.05, 0) is 48.4 Å². The van der Waals surface area contributed by atoms with Crippen LogP contribution in [0.3, 0.4) is 0 Å². The minimum absolute atomic E-state index is 0.140. The summed E-state index contributed by atoms with van der Waals surface area (Å²) in [5.41, 5.74) is 2.08. The summed E-state index contributed by atoms with van der Waals surface area (Å²) in [5, 5.41) is 24.2. The third-order valence-corrected chi connectivity index (χ3v) is 4.28. The van der Waals surface area contributed by atoms with Crippen molar-refractivity contribution in [3.63, 3.8) is 0 Å². The largest absolute Gasteiger partial charge is 0.505 e. The van der Waals surface area contributed by atoms with E-state index in [4.69, 9.17) is 0 Å². The first-order chi connectivity index (χ1) is 13.0. The lowest BCUT2D eigenvalue weighted by atomic mass is 10.1. The summed E-state index contributed by atoms with van der Waals surface area (Å²) in [6, 6.07) is 11.1. The Morgan fingerprint density at radius 3 is 2.70 bits per heavy atom. The number of aliphatic imine (C=N–C) groups is 1. The standard InChI is InChI=1S/C20H17FN4O2/c1-11-8-17(22-10-11)24-19-13-4-2-3-5-15(13)23-20(25-19)18(27)12-6-7-14(21)16(26)9-12/h2-9,18,26-27H,10H2,1H3,(H,22,23,24,25). The van der Waals surface area contributed by atoms with Crippen LogP contribution in [0.2, 0.25) is 0 Å². The number of phenolic OH excluding ortho intramolecular Hbond substituents is 1. The highest BCUT2D eigenvalue weighted by Gasteiger charge is 2.19. The number of nitrogens with zero attached hydrogens (tertiary/aromatic N) is 3. The van der Waals surface area contributed by atoms with Crippen LogP contribution in [0.25, 0.3) is 10.9 Å². The molecule has 0 aliphatic carbocycles. The molecule has 0 amide bonds. The van der Waals surface area contributed by atoms with E-state index in [1.165, 1.54) is 12.1 Å². The van der Waals surface area contributed by atoms with Crippen LogP contribution in [0, 0.1) is 5.82 Å². The molecule has 1 unspecified atom stereocenters. The zero-order chi connectivity index (χ0) is 19.0. The lowest BCUT2D eigenvalue weighted by Gasteiger charge is -2.14. The molecule has 1 aliphatic rings. The maximum atomic E-state index is 13.3. The summed E-state index contributed by atoms with van der Waals surface area (Å²) < 4.78 is 13.3. The van der Waals surface area contributed by atoms with Gasteiger partial charge in [0.2, 0.25) is 0 Å². The number of hydrogen-bond donors (Lipinski definition) is 3. The molecule has 1 aromatic heterocycles. The number of benzene rings is 2. The van der Waals surface area contributed by atoms with Gasteiger partial charge in [0.1, 0.15) is 17.8 Å². The van der Waals surface area contributed by atoms with Crippen LogP contribution in [-0.2, 0) is 0 Å². The number of aromatic hydroxyl groups is 1. The first-order valence-electron chi connectivity index (χ1n) is 8.43. The van der Waals surface area contributed by atoms with Gasteiger partial charge in [-0.2, -0.15) is 0 Å². The number of phenols is 1. The highest BCUT2D eigenvalue weighted by atomic mass is 19.1. The first-order valence-corrected chi connectivity index (χ1v) is 8.43. The van der Waals surface area contributed by atoms with Gasteiger partial charge in [0.25, 0.3) is 0 Å². The highest BCUT2D eigenvalue weighted by molar-refractivity contribution is 6.08. The molecule has 0 fully saturated rings. The summed E-state index contributed by atoms with van der Waals surface area (Å²) in [6.45, 7) is 2.63. The van der Waals surface area contributed by atoms with E-state index in [9.17, 15) is 14.6 Å². The quantitative estimate of drug-likeness (QED) is 0.663. The second-order valence-electron chi connectivity index (χ2n) is 6.38. The van der Waals surface area contributed by atoms with Crippen LogP contribution in [-0.4, -0.2) is 32.6 Å². The Hall–Kier alpha value is -3.32. The fourth-order valence-electron chi connectivity index (χ4n) is 2.89. The number of anilines is 1. The predicted molar refractivity (Wildman–Crippen MR) is 101 cm³/mol. The molecule has 27 heavy (non-hydrogen) atoms. The molecule has 1 aliphatic heterocycles. The molecule has 2 heterocycles. The zero-order valence-electron chi connectivity index (χ0n) is 14.5. The molecule has 4 rings (SSSR count). The summed E-state index contributed by atoms with van der Waals surface area (Å²) in [4.78, 5) is 13.3. The van der Waals surface area contributed by atoms with Gasteiger partial charge in [0.15, 0.2) is 17.4 Å². The maximum absolute atomic E-state index is 13.3. The van der Waals surface area contributed by atoms with Crippen LogP contribution in [0.5, 0.6) is 5.75 Å². The average molecular weight is 364 g/mol. The monoisotopic (exact) mass is 364 g/mol. The molecular formula is C20H17FN4O2. The van der Waals surface area contributed by atoms with Crippen molar-refractivity contribution in [1.82, 2.24) is 9.97 Å². The average Bonchev–Trinajstić information content (AvgIpc) is 3.08. The number of aliphatic hydroxyl groups excluding tert-OH is 1. The molecule has 7 heteroatoms. The van der Waals surface area contributed by atoms with Gasteiger partial charge in [-0.1, -0.05) is 18.2 Å². The van der Waals surface area contributed by atoms with Crippen LogP contribution in [0.15, 0.2) is 59.1 Å². The van der Waals surface area contributed by atoms with Crippen molar-refractivity contribution in [2.45, 2.75) is 13.0 Å². The van der Waals surface area contributed by atoms with Crippen LogP contribution < -0.4 is 5.32 Å². The Labute approximate surface area is 154 Å². The number of aliphatic hydroxyl groups is 1. The molecule has 0 radical (unpaired) electrons. The number of hydrogen-bond acceptors (Lipinski definition) is 6. The first kappa shape index (κ1) is 17.1. The van der Waals surface area contributed by atoms with E-state index in [1.54, 1.807) is 0 Å². The number of fused-ring (bicyclic) bond motifs is 1. The molecule has 3 N–H and O–H groups in total. The normalized spacial score (nSPS) is 14.8. The number of nitrogens with one attached hydrogen (secondary N) is 1. The van der Waals surface area contributed by atoms with E-state index < -0.39 is 17.7 Å². The van der Waals surface area contributed by atoms with Crippen molar-refractivity contribution in [3.05, 3.63) is 71.3 Å². The minimum atomic E-state index is -1.22. The van der Waals surface area contributed by atoms with Gasteiger partial charge in [-0.25, -0.2) is 14.4 Å². The Morgan fingerprint density at radius 1 is 1.15 bits per heavy atom. The molecule has 2 aromatic carbocycles. The smallest absolute Gasteiger partial charge is 0.164 e. The Bertz CT molecular complexity index is 1090. The van der Waals surface area contributed by atoms with Gasteiger partial charge < -0.3 is 15.5 Å². The molecule has 0 bridgehead atoms. The Kier molecular flexibility index (Phi) is 4.29. The summed E-state index contributed by atoms with van der Waals surface area (Å²) in [7, 11) is 0. The predicted octanol–water partition coefficient (Wildman–Crippen LogP) is 3.33. The second kappa shape index (κ2) is 6.77. The maximum Gasteiger partial charge on any atom is 0.164 e. The molecule has 0 saturated heterocycles. The molecule has 136 valence electrons. The lowest BCUT2D eigenvalue weighted by Crippen LogP contribution is -2.13. The molecule has 0 saturated carbocycles. The molecule has 0 spiro atoms. The topological polar surface area (TPSA) is 90.6 Å². The SMILES string of the molecule is CC1=CC(Nc2nc(C(O)c3ccc(F)c(O)c3)nc3ccccc23)=NC1. The summed E-state index contributed by atoms with van der Waals surface area (Å²) in [6.07, 6.45) is 0.717. The molecule has 1 atom stereocenters. The third-order valence-electron chi connectivity index (χ3n) is 4.28. The van der Waals surface area contributed by atoms with Gasteiger partial charge in [-0.3, -0.25) is 4.99 Å². The van der Waals surface area contributed by atoms with Crippen molar-refractivity contribution in [1.29, 1.82) is 0 Å². The third kappa shape index (κ3) is 3.37. The van der Waals surface area contributed by atoms with Gasteiger partial charge in [0.05, 0.1) is 12.1 Å². The fraction of sp³-hybridized carbons (Fsp3) is 0.150. The fourth-order valence-corrected chi connectivity index (χ4v) is 2.89. The van der Waals surface area contributed by atoms with E-state index in [0.29, 0.717) is 29.3 Å². The lowest BCUT2D eigenvalue weighted by molar-refractivity contribution is 0.210. The number of aromatic nitrogens is 2. The van der Waals surface area contributed by atoms with Crippen molar-refractivity contribution < 1.29 is 14.6 Å². The zero-order valence-corrected chi connectivity index (χ0v) is 14.5. The van der Waals surface area contributed by atoms with Crippen LogP contribution in [0.1, 0.15) is 24.4 Å². The number of para-hydroxylation sites is 1. The van der Waals surface area contributed by atoms with E-state index in [-0.39, 0.29) is 5.82 Å². The number of amidine groups is 1. The van der Waals surface area contributed by atoms with Crippen LogP contribution >= 0.6 is 0 Å². The molecular weight excluding hydrogens is 347 g/mol. The molecule has 3 aromatic rings. The van der Waals surface area contributed by atoms with Crippen molar-refractivity contribution >= 4 is 22.6 Å². The van der Waals surface area contributed by atoms with E-state index >= 15 is 0 Å². The van der Waals surface area contributed by atoms with Crippen molar-refractivity contribution in [2.24, 2.45) is 4.99 Å². The van der Waals surface area contributed by atoms with Crippen molar-refractivity contribution in [2.75, 3.05) is 11.9 Å². The summed E-state index contributed by atoms with van der Waals surface area (Å²) >= 11 is 0. The van der Waals surface area contributed by atoms with E-state index in [2.05, 4.69) is 20.3 Å². The van der Waals surface area contributed by atoms with Gasteiger partial charge in [-0.15, -0.1) is 0 Å². The number of rotatable bonds is 3. The second-order valence-corrected chi connectivity index (χ2v) is 6.38. The van der Waals surface area contributed by atoms with E-state index in [1.807, 2.05) is 37.3 Å². The number of halogens is 1. The highest BCUT2D eigenvalue weighted by Crippen LogP contribution is 2.28. The minimum Gasteiger partial charge on any atom is -0.505 e.